The zero-order chi connectivity index (χ0) is 12.0. The highest BCUT2D eigenvalue weighted by molar-refractivity contribution is 6.36. The molecule has 0 fully saturated rings. The van der Waals surface area contributed by atoms with Crippen molar-refractivity contribution in [2.45, 2.75) is 19.8 Å². The third-order valence-corrected chi connectivity index (χ3v) is 2.45. The molecule has 0 aliphatic rings. The molecule has 1 N–H and O–H groups in total. The van der Waals surface area contributed by atoms with Crippen LogP contribution in [0.2, 0.25) is 10.0 Å². The van der Waals surface area contributed by atoms with E-state index in [4.69, 9.17) is 27.9 Å². The molecular formula is C11H13Cl2NO2. The van der Waals surface area contributed by atoms with Gasteiger partial charge in [0.2, 0.25) is 0 Å². The fraction of sp³-hybridized carbons (Fsp3) is 0.364. The maximum atomic E-state index is 11.3. The Balaban J connectivity index is 2.49. The van der Waals surface area contributed by atoms with Crippen LogP contribution in [0.1, 0.15) is 19.8 Å². The van der Waals surface area contributed by atoms with E-state index in [0.29, 0.717) is 22.3 Å². The number of anilines is 1. The molecule has 0 saturated heterocycles. The van der Waals surface area contributed by atoms with Gasteiger partial charge in [0, 0.05) is 5.02 Å². The molecule has 0 atom stereocenters. The predicted octanol–water partition coefficient (Wildman–Crippen LogP) is 4.34. The minimum atomic E-state index is -0.502. The molecule has 0 unspecified atom stereocenters. The number of carbonyl (C=O) groups is 1. The second kappa shape index (κ2) is 6.61. The smallest absolute Gasteiger partial charge is 0.411 e. The zero-order valence-corrected chi connectivity index (χ0v) is 10.4. The van der Waals surface area contributed by atoms with Crippen LogP contribution < -0.4 is 5.32 Å². The number of benzene rings is 1. The number of unbranched alkanes of at least 4 members (excludes halogenated alkanes) is 1. The molecule has 16 heavy (non-hydrogen) atoms. The average Bonchev–Trinajstić information content (AvgIpc) is 2.23. The molecule has 88 valence electrons. The van der Waals surface area contributed by atoms with E-state index in [2.05, 4.69) is 5.32 Å². The van der Waals surface area contributed by atoms with E-state index >= 15 is 0 Å². The SMILES string of the molecule is CCCCOC(=O)Nc1ccc(Cl)cc1Cl. The number of hydrogen-bond acceptors (Lipinski definition) is 2. The lowest BCUT2D eigenvalue weighted by Gasteiger charge is -2.07. The van der Waals surface area contributed by atoms with Crippen molar-refractivity contribution >= 4 is 35.0 Å². The molecule has 5 heteroatoms. The van der Waals surface area contributed by atoms with Crippen LogP contribution in [0, 0.1) is 0 Å². The quantitative estimate of drug-likeness (QED) is 0.819. The number of amides is 1. The average molecular weight is 262 g/mol. The van der Waals surface area contributed by atoms with Gasteiger partial charge in [-0.2, -0.15) is 0 Å². The van der Waals surface area contributed by atoms with Gasteiger partial charge in [-0.3, -0.25) is 5.32 Å². The standard InChI is InChI=1S/C11H13Cl2NO2/c1-2-3-6-16-11(15)14-10-5-4-8(12)7-9(10)13/h4-5,7H,2-3,6H2,1H3,(H,14,15). The fourth-order valence-corrected chi connectivity index (χ4v) is 1.50. The van der Waals surface area contributed by atoms with Crippen LogP contribution in [-0.4, -0.2) is 12.7 Å². The van der Waals surface area contributed by atoms with Gasteiger partial charge in [-0.15, -0.1) is 0 Å². The normalized spacial score (nSPS) is 9.94. The molecule has 0 aliphatic carbocycles. The maximum absolute atomic E-state index is 11.3. The summed E-state index contributed by atoms with van der Waals surface area (Å²) in [4.78, 5) is 11.3. The lowest BCUT2D eigenvalue weighted by molar-refractivity contribution is 0.160. The summed E-state index contributed by atoms with van der Waals surface area (Å²) in [6.07, 6.45) is 1.33. The molecule has 0 heterocycles. The molecule has 0 radical (unpaired) electrons. The summed E-state index contributed by atoms with van der Waals surface area (Å²) in [5, 5.41) is 3.46. The Kier molecular flexibility index (Phi) is 5.43. The molecular weight excluding hydrogens is 249 g/mol. The Morgan fingerprint density at radius 3 is 2.81 bits per heavy atom. The van der Waals surface area contributed by atoms with Crippen molar-refractivity contribution in [3.8, 4) is 0 Å². The number of halogens is 2. The third-order valence-electron chi connectivity index (χ3n) is 1.90. The largest absolute Gasteiger partial charge is 0.449 e. The van der Waals surface area contributed by atoms with Crippen molar-refractivity contribution in [1.82, 2.24) is 0 Å². The first-order valence-electron chi connectivity index (χ1n) is 5.02. The van der Waals surface area contributed by atoms with Gasteiger partial charge in [0.25, 0.3) is 0 Å². The minimum Gasteiger partial charge on any atom is -0.449 e. The van der Waals surface area contributed by atoms with Crippen molar-refractivity contribution in [3.05, 3.63) is 28.2 Å². The molecule has 0 spiro atoms. The molecule has 0 aromatic heterocycles. The third kappa shape index (κ3) is 4.29. The van der Waals surface area contributed by atoms with Crippen LogP contribution >= 0.6 is 23.2 Å². The summed E-state index contributed by atoms with van der Waals surface area (Å²) in [6.45, 7) is 2.44. The first kappa shape index (κ1) is 13.1. The molecule has 3 nitrogen and oxygen atoms in total. The molecule has 1 amide bonds. The Bertz CT molecular complexity index is 369. The van der Waals surface area contributed by atoms with Gasteiger partial charge in [0.1, 0.15) is 0 Å². The van der Waals surface area contributed by atoms with E-state index in [1.165, 1.54) is 0 Å². The number of hydrogen-bond donors (Lipinski definition) is 1. The lowest BCUT2D eigenvalue weighted by atomic mass is 10.3. The highest BCUT2D eigenvalue weighted by Crippen LogP contribution is 2.25. The van der Waals surface area contributed by atoms with Crippen molar-refractivity contribution < 1.29 is 9.53 Å². The van der Waals surface area contributed by atoms with Crippen LogP contribution in [-0.2, 0) is 4.74 Å². The van der Waals surface area contributed by atoms with E-state index in [0.717, 1.165) is 12.8 Å². The van der Waals surface area contributed by atoms with Crippen LogP contribution in [0.3, 0.4) is 0 Å². The van der Waals surface area contributed by atoms with Crippen LogP contribution in [0.15, 0.2) is 18.2 Å². The second-order valence-corrected chi connectivity index (χ2v) is 4.08. The van der Waals surface area contributed by atoms with Gasteiger partial charge in [-0.1, -0.05) is 36.5 Å². The van der Waals surface area contributed by atoms with Gasteiger partial charge in [0.05, 0.1) is 17.3 Å². The molecule has 1 rings (SSSR count). The zero-order valence-electron chi connectivity index (χ0n) is 8.93. The van der Waals surface area contributed by atoms with Crippen molar-refractivity contribution in [2.24, 2.45) is 0 Å². The summed E-state index contributed by atoms with van der Waals surface area (Å²) >= 11 is 11.6. The monoisotopic (exact) mass is 261 g/mol. The van der Waals surface area contributed by atoms with Crippen LogP contribution in [0.25, 0.3) is 0 Å². The van der Waals surface area contributed by atoms with E-state index < -0.39 is 6.09 Å². The summed E-state index contributed by atoms with van der Waals surface area (Å²) < 4.78 is 4.93. The first-order valence-corrected chi connectivity index (χ1v) is 5.78. The molecule has 1 aromatic rings. The number of carbonyl (C=O) groups excluding carboxylic acids is 1. The summed E-state index contributed by atoms with van der Waals surface area (Å²) in [7, 11) is 0. The lowest BCUT2D eigenvalue weighted by Crippen LogP contribution is -2.14. The van der Waals surface area contributed by atoms with Gasteiger partial charge in [0.15, 0.2) is 0 Å². The maximum Gasteiger partial charge on any atom is 0.411 e. The minimum absolute atomic E-state index is 0.389. The second-order valence-electron chi connectivity index (χ2n) is 3.24. The van der Waals surface area contributed by atoms with Crippen molar-refractivity contribution in [3.63, 3.8) is 0 Å². The molecule has 0 saturated carbocycles. The Hall–Kier alpha value is -0.930. The van der Waals surface area contributed by atoms with E-state index in [-0.39, 0.29) is 0 Å². The fourth-order valence-electron chi connectivity index (χ4n) is 1.05. The van der Waals surface area contributed by atoms with Crippen LogP contribution in [0.5, 0.6) is 0 Å². The number of nitrogens with one attached hydrogen (secondary N) is 1. The van der Waals surface area contributed by atoms with Crippen molar-refractivity contribution in [1.29, 1.82) is 0 Å². The summed E-state index contributed by atoms with van der Waals surface area (Å²) in [5.41, 5.74) is 0.493. The topological polar surface area (TPSA) is 38.3 Å². The highest BCUT2D eigenvalue weighted by Gasteiger charge is 2.06. The molecule has 1 aromatic carbocycles. The van der Waals surface area contributed by atoms with Crippen LogP contribution in [0.4, 0.5) is 10.5 Å². The Morgan fingerprint density at radius 2 is 2.19 bits per heavy atom. The summed E-state index contributed by atoms with van der Waals surface area (Å²) in [6, 6.07) is 4.84. The number of rotatable bonds is 4. The number of ether oxygens (including phenoxy) is 1. The summed E-state index contributed by atoms with van der Waals surface area (Å²) in [5.74, 6) is 0. The Labute approximate surface area is 105 Å². The van der Waals surface area contributed by atoms with Gasteiger partial charge in [-0.05, 0) is 24.6 Å². The van der Waals surface area contributed by atoms with Gasteiger partial charge < -0.3 is 4.74 Å². The van der Waals surface area contributed by atoms with Crippen molar-refractivity contribution in [2.75, 3.05) is 11.9 Å². The van der Waals surface area contributed by atoms with E-state index in [1.807, 2.05) is 6.92 Å². The molecule has 0 bridgehead atoms. The first-order chi connectivity index (χ1) is 7.63. The van der Waals surface area contributed by atoms with E-state index in [1.54, 1.807) is 18.2 Å². The van der Waals surface area contributed by atoms with Gasteiger partial charge in [-0.25, -0.2) is 4.79 Å². The molecule has 0 aliphatic heterocycles. The predicted molar refractivity (Wildman–Crippen MR) is 66.3 cm³/mol. The van der Waals surface area contributed by atoms with Gasteiger partial charge >= 0.3 is 6.09 Å². The van der Waals surface area contributed by atoms with E-state index in [9.17, 15) is 4.79 Å². The Morgan fingerprint density at radius 1 is 1.44 bits per heavy atom. The highest BCUT2D eigenvalue weighted by atomic mass is 35.5.